The molecule has 2 rings (SSSR count). The fourth-order valence-electron chi connectivity index (χ4n) is 3.48. The van der Waals surface area contributed by atoms with Crippen molar-refractivity contribution in [2.45, 2.75) is 104 Å². The average Bonchev–Trinajstić information content (AvgIpc) is 3.01. The predicted octanol–water partition coefficient (Wildman–Crippen LogP) is 6.29. The van der Waals surface area contributed by atoms with E-state index in [2.05, 4.69) is 74.2 Å². The summed E-state index contributed by atoms with van der Waals surface area (Å²) < 4.78 is 22.2. The molecule has 10 heteroatoms. The first kappa shape index (κ1) is 29.4. The highest BCUT2D eigenvalue weighted by Gasteiger charge is 2.22. The van der Waals surface area contributed by atoms with Gasteiger partial charge in [-0.2, -0.15) is 5.10 Å². The maximum atomic E-state index is 13.5. The Kier molecular flexibility index (Phi) is 11.2. The van der Waals surface area contributed by atoms with E-state index >= 15 is 0 Å². The summed E-state index contributed by atoms with van der Waals surface area (Å²) in [5.41, 5.74) is 1.44. The first-order chi connectivity index (χ1) is 15.9. The third kappa shape index (κ3) is 8.70. The molecular formula is C24H44BrN3O4Si2. The molecule has 0 bridgehead atoms. The van der Waals surface area contributed by atoms with E-state index in [4.69, 9.17) is 14.2 Å². The predicted molar refractivity (Wildman–Crippen MR) is 149 cm³/mol. The number of nitrogens with zero attached hydrogens (tertiary/aromatic N) is 3. The van der Waals surface area contributed by atoms with Gasteiger partial charge in [-0.1, -0.05) is 53.1 Å². The Labute approximate surface area is 215 Å². The molecule has 0 atom stereocenters. The SMILES string of the molecule is CCC(CC)OCc1c(Br)n(COCC[Si](C)(C)C)c2cnn(COCC[Si](C)(C)C)c(=O)c12. The van der Waals surface area contributed by atoms with Gasteiger partial charge < -0.3 is 18.8 Å². The molecular weight excluding hydrogens is 530 g/mol. The van der Waals surface area contributed by atoms with Crippen molar-refractivity contribution in [3.63, 3.8) is 0 Å². The molecule has 0 amide bonds. The lowest BCUT2D eigenvalue weighted by atomic mass is 10.2. The minimum absolute atomic E-state index is 0.154. The Morgan fingerprint density at radius 3 is 2.06 bits per heavy atom. The number of hydrogen-bond acceptors (Lipinski definition) is 5. The second-order valence-electron chi connectivity index (χ2n) is 11.4. The molecule has 2 aromatic heterocycles. The molecule has 0 saturated heterocycles. The highest BCUT2D eigenvalue weighted by Crippen LogP contribution is 2.29. The van der Waals surface area contributed by atoms with Crippen LogP contribution in [0.25, 0.3) is 10.9 Å². The number of halogens is 1. The maximum Gasteiger partial charge on any atom is 0.278 e. The molecule has 2 aromatic rings. The Hall–Kier alpha value is -0.786. The Bertz CT molecular complexity index is 976. The second-order valence-corrected chi connectivity index (χ2v) is 23.3. The van der Waals surface area contributed by atoms with Gasteiger partial charge in [0.15, 0.2) is 0 Å². The van der Waals surface area contributed by atoms with Crippen LogP contribution in [0.3, 0.4) is 0 Å². The van der Waals surface area contributed by atoms with Gasteiger partial charge in [-0.3, -0.25) is 4.79 Å². The van der Waals surface area contributed by atoms with Gasteiger partial charge in [0.05, 0.1) is 34.4 Å². The molecule has 0 unspecified atom stereocenters. The summed E-state index contributed by atoms with van der Waals surface area (Å²) in [5, 5.41) is 5.03. The molecule has 7 nitrogen and oxygen atoms in total. The second kappa shape index (κ2) is 13.0. The van der Waals surface area contributed by atoms with Crippen molar-refractivity contribution >= 4 is 43.0 Å². The molecule has 0 N–H and O–H groups in total. The summed E-state index contributed by atoms with van der Waals surface area (Å²) in [6.45, 7) is 20.4. The molecule has 0 aliphatic rings. The van der Waals surface area contributed by atoms with Crippen molar-refractivity contribution in [2.24, 2.45) is 0 Å². The van der Waals surface area contributed by atoms with Gasteiger partial charge in [-0.25, -0.2) is 4.68 Å². The van der Waals surface area contributed by atoms with Crippen molar-refractivity contribution in [3.8, 4) is 0 Å². The van der Waals surface area contributed by atoms with E-state index in [1.54, 1.807) is 6.20 Å². The van der Waals surface area contributed by atoms with E-state index < -0.39 is 16.1 Å². The third-order valence-corrected chi connectivity index (χ3v) is 10.2. The van der Waals surface area contributed by atoms with Gasteiger partial charge >= 0.3 is 0 Å². The fourth-order valence-corrected chi connectivity index (χ4v) is 5.60. The number of fused-ring (bicyclic) bond motifs is 1. The maximum absolute atomic E-state index is 13.5. The Morgan fingerprint density at radius 1 is 0.971 bits per heavy atom. The summed E-state index contributed by atoms with van der Waals surface area (Å²) in [6, 6.07) is 2.14. The number of ether oxygens (including phenoxy) is 3. The lowest BCUT2D eigenvalue weighted by Crippen LogP contribution is -2.26. The van der Waals surface area contributed by atoms with Gasteiger partial charge in [0.1, 0.15) is 13.5 Å². The third-order valence-electron chi connectivity index (χ3n) is 5.90. The zero-order valence-electron chi connectivity index (χ0n) is 22.4. The fraction of sp³-hybridized carbons (Fsp3) is 0.750. The molecule has 194 valence electrons. The van der Waals surface area contributed by atoms with Crippen LogP contribution < -0.4 is 5.56 Å². The molecule has 0 saturated carbocycles. The van der Waals surface area contributed by atoms with Gasteiger partial charge in [-0.05, 0) is 40.9 Å². The van der Waals surface area contributed by atoms with Crippen LogP contribution in [-0.4, -0.2) is 49.8 Å². The van der Waals surface area contributed by atoms with E-state index in [0.29, 0.717) is 31.9 Å². The van der Waals surface area contributed by atoms with Gasteiger partial charge in [0, 0.05) is 34.9 Å². The highest BCUT2D eigenvalue weighted by molar-refractivity contribution is 9.10. The summed E-state index contributed by atoms with van der Waals surface area (Å²) in [4.78, 5) is 13.5. The Balaban J connectivity index is 2.32. The first-order valence-corrected chi connectivity index (χ1v) is 20.6. The molecule has 2 heterocycles. The van der Waals surface area contributed by atoms with Crippen LogP contribution in [0.15, 0.2) is 15.6 Å². The topological polar surface area (TPSA) is 67.5 Å². The monoisotopic (exact) mass is 573 g/mol. The highest BCUT2D eigenvalue weighted by atomic mass is 79.9. The van der Waals surface area contributed by atoms with Gasteiger partial charge in [0.25, 0.3) is 5.56 Å². The largest absolute Gasteiger partial charge is 0.373 e. The normalized spacial score (nSPS) is 12.9. The standard InChI is InChI=1S/C24H44BrN3O4Si2/c1-9-19(10-2)32-16-20-22-21(27(23(20)25)17-30-11-13-33(3,4)5)15-26-28(24(22)29)18-31-12-14-34(6,7)8/h15,19H,9-14,16-18H2,1-8H3. The summed E-state index contributed by atoms with van der Waals surface area (Å²) >= 11 is 3.73. The van der Waals surface area contributed by atoms with Crippen molar-refractivity contribution in [1.82, 2.24) is 14.3 Å². The van der Waals surface area contributed by atoms with Crippen molar-refractivity contribution in [2.75, 3.05) is 13.2 Å². The van der Waals surface area contributed by atoms with Crippen LogP contribution in [0.2, 0.25) is 51.4 Å². The van der Waals surface area contributed by atoms with Gasteiger partial charge in [-0.15, -0.1) is 0 Å². The van der Waals surface area contributed by atoms with Crippen LogP contribution in [0.1, 0.15) is 32.3 Å². The molecule has 0 aliphatic carbocycles. The van der Waals surface area contributed by atoms with Crippen molar-refractivity contribution < 1.29 is 14.2 Å². The summed E-state index contributed by atoms with van der Waals surface area (Å²) in [5.74, 6) is 0. The minimum atomic E-state index is -1.19. The van der Waals surface area contributed by atoms with Crippen molar-refractivity contribution in [3.05, 3.63) is 26.7 Å². The zero-order chi connectivity index (χ0) is 25.5. The zero-order valence-corrected chi connectivity index (χ0v) is 26.0. The van der Waals surface area contributed by atoms with Crippen LogP contribution in [-0.2, 0) is 34.3 Å². The number of aromatic nitrogens is 3. The van der Waals surface area contributed by atoms with E-state index in [9.17, 15) is 4.79 Å². The quantitative estimate of drug-likeness (QED) is 0.185. The van der Waals surface area contributed by atoms with E-state index in [-0.39, 0.29) is 18.4 Å². The van der Waals surface area contributed by atoms with Crippen LogP contribution in [0, 0.1) is 0 Å². The van der Waals surface area contributed by atoms with Crippen LogP contribution in [0.5, 0.6) is 0 Å². The summed E-state index contributed by atoms with van der Waals surface area (Å²) in [7, 11) is -2.37. The molecule has 0 aliphatic heterocycles. The average molecular weight is 575 g/mol. The van der Waals surface area contributed by atoms with Crippen LogP contribution >= 0.6 is 15.9 Å². The molecule has 0 radical (unpaired) electrons. The lowest BCUT2D eigenvalue weighted by Gasteiger charge is -2.16. The summed E-state index contributed by atoms with van der Waals surface area (Å²) in [6.07, 6.45) is 3.77. The molecule has 34 heavy (non-hydrogen) atoms. The number of hydrogen-bond donors (Lipinski definition) is 0. The molecule has 0 fully saturated rings. The lowest BCUT2D eigenvalue weighted by molar-refractivity contribution is 0.0355. The molecule has 0 aromatic carbocycles. The van der Waals surface area contributed by atoms with E-state index in [0.717, 1.165) is 40.6 Å². The van der Waals surface area contributed by atoms with Crippen LogP contribution in [0.4, 0.5) is 0 Å². The van der Waals surface area contributed by atoms with E-state index in [1.807, 2.05) is 4.57 Å². The van der Waals surface area contributed by atoms with E-state index in [1.165, 1.54) is 4.68 Å². The Morgan fingerprint density at radius 2 is 1.53 bits per heavy atom. The molecule has 0 spiro atoms. The first-order valence-electron chi connectivity index (χ1n) is 12.4. The number of rotatable bonds is 15. The minimum Gasteiger partial charge on any atom is -0.373 e. The van der Waals surface area contributed by atoms with Crippen molar-refractivity contribution in [1.29, 1.82) is 0 Å². The smallest absolute Gasteiger partial charge is 0.278 e. The van der Waals surface area contributed by atoms with Gasteiger partial charge in [0.2, 0.25) is 0 Å².